The lowest BCUT2D eigenvalue weighted by Crippen LogP contribution is -2.56. The van der Waals surface area contributed by atoms with Crippen LogP contribution < -0.4 is 0 Å². The summed E-state index contributed by atoms with van der Waals surface area (Å²) in [4.78, 5) is 35.1. The first-order chi connectivity index (χ1) is 11.2. The Balaban J connectivity index is 1.44. The van der Waals surface area contributed by atoms with Gasteiger partial charge in [-0.15, -0.1) is 0 Å². The van der Waals surface area contributed by atoms with E-state index in [1.54, 1.807) is 0 Å². The lowest BCUT2D eigenvalue weighted by atomic mass is 9.53. The van der Waals surface area contributed by atoms with Gasteiger partial charge in [-0.05, 0) is 44.4 Å². The molecule has 4 fully saturated rings. The molecule has 7 heteroatoms. The molecule has 0 N–H and O–H groups in total. The maximum absolute atomic E-state index is 12.6. The van der Waals surface area contributed by atoms with Gasteiger partial charge in [0.05, 0.1) is 6.61 Å². The van der Waals surface area contributed by atoms with Crippen LogP contribution in [0.3, 0.4) is 0 Å². The van der Waals surface area contributed by atoms with E-state index in [0.717, 1.165) is 19.3 Å². The Morgan fingerprint density at radius 2 is 1.83 bits per heavy atom. The minimum absolute atomic E-state index is 0.0122. The van der Waals surface area contributed by atoms with Crippen LogP contribution in [0.25, 0.3) is 0 Å². The van der Waals surface area contributed by atoms with Crippen molar-refractivity contribution in [2.75, 3.05) is 6.61 Å². The number of esters is 2. The number of alkyl halides is 2. The molecule has 4 aliphatic rings. The monoisotopic (exact) mass is 344 g/mol. The van der Waals surface area contributed by atoms with E-state index in [0.29, 0.717) is 31.5 Å². The summed E-state index contributed by atoms with van der Waals surface area (Å²) >= 11 is 0. The SMILES string of the molecule is CC(F)(F)C(=O)OCCCC(=O)OC12CC3CC(C1)C(=O)C(C3)C2. The third kappa shape index (κ3) is 3.44. The molecular formula is C17H22F2O5. The molecule has 2 atom stereocenters. The summed E-state index contributed by atoms with van der Waals surface area (Å²) in [5.41, 5.74) is -0.519. The third-order valence-corrected chi connectivity index (χ3v) is 5.39. The Morgan fingerprint density at radius 3 is 2.42 bits per heavy atom. The van der Waals surface area contributed by atoms with Crippen LogP contribution in [-0.2, 0) is 23.9 Å². The van der Waals surface area contributed by atoms with E-state index in [2.05, 4.69) is 4.74 Å². The molecular weight excluding hydrogens is 322 g/mol. The van der Waals surface area contributed by atoms with E-state index in [4.69, 9.17) is 4.74 Å². The van der Waals surface area contributed by atoms with Gasteiger partial charge in [0.25, 0.3) is 0 Å². The number of ether oxygens (including phenoxy) is 2. The highest BCUT2D eigenvalue weighted by Gasteiger charge is 2.57. The van der Waals surface area contributed by atoms with E-state index in [-0.39, 0.29) is 31.3 Å². The van der Waals surface area contributed by atoms with Crippen LogP contribution >= 0.6 is 0 Å². The predicted octanol–water partition coefficient (Wildman–Crippen LogP) is 2.66. The number of Topliss-reactive ketones (excluding diaryl/α,β-unsaturated/α-hetero) is 1. The van der Waals surface area contributed by atoms with Gasteiger partial charge in [-0.25, -0.2) is 4.79 Å². The molecule has 134 valence electrons. The molecule has 0 amide bonds. The number of carbonyl (C=O) groups is 3. The molecule has 0 spiro atoms. The number of halogens is 2. The summed E-state index contributed by atoms with van der Waals surface area (Å²) in [6.45, 7) is 0.231. The zero-order valence-electron chi connectivity index (χ0n) is 13.7. The van der Waals surface area contributed by atoms with E-state index >= 15 is 0 Å². The normalized spacial score (nSPS) is 34.3. The van der Waals surface area contributed by atoms with Crippen molar-refractivity contribution in [3.05, 3.63) is 0 Å². The van der Waals surface area contributed by atoms with E-state index in [1.165, 1.54) is 0 Å². The van der Waals surface area contributed by atoms with Crippen molar-refractivity contribution in [3.63, 3.8) is 0 Å². The van der Waals surface area contributed by atoms with Crippen LogP contribution in [-0.4, -0.2) is 35.9 Å². The number of hydrogen-bond acceptors (Lipinski definition) is 5. The van der Waals surface area contributed by atoms with Gasteiger partial charge >= 0.3 is 17.9 Å². The zero-order chi connectivity index (χ0) is 17.5. The fraction of sp³-hybridized carbons (Fsp3) is 0.824. The first-order valence-corrected chi connectivity index (χ1v) is 8.49. The smallest absolute Gasteiger partial charge is 0.376 e. The van der Waals surface area contributed by atoms with Gasteiger partial charge in [-0.1, -0.05) is 0 Å². The number of ketones is 1. The fourth-order valence-corrected chi connectivity index (χ4v) is 4.60. The van der Waals surface area contributed by atoms with Gasteiger partial charge in [0.1, 0.15) is 11.4 Å². The van der Waals surface area contributed by atoms with Crippen LogP contribution in [0.4, 0.5) is 8.78 Å². The fourth-order valence-electron chi connectivity index (χ4n) is 4.60. The highest BCUT2D eigenvalue weighted by molar-refractivity contribution is 5.86. The van der Waals surface area contributed by atoms with Gasteiger partial charge < -0.3 is 9.47 Å². The quantitative estimate of drug-likeness (QED) is 0.547. The van der Waals surface area contributed by atoms with Gasteiger partial charge in [-0.2, -0.15) is 8.78 Å². The molecule has 0 aromatic rings. The minimum atomic E-state index is -3.52. The minimum Gasteiger partial charge on any atom is -0.461 e. The maximum atomic E-state index is 12.6. The van der Waals surface area contributed by atoms with E-state index < -0.39 is 23.5 Å². The summed E-state index contributed by atoms with van der Waals surface area (Å²) in [6, 6.07) is 0. The Kier molecular flexibility index (Phi) is 4.38. The standard InChI is InChI=1S/C17H22F2O5/c1-16(18,19)15(22)23-4-2-3-13(20)24-17-7-10-5-11(8-17)14(21)12(6-10)9-17/h10-12H,2-9H2,1H3. The van der Waals surface area contributed by atoms with Gasteiger partial charge in [0, 0.05) is 25.2 Å². The Bertz CT molecular complexity index is 536. The van der Waals surface area contributed by atoms with Crippen LogP contribution in [0, 0.1) is 17.8 Å². The second-order valence-electron chi connectivity index (χ2n) is 7.53. The first-order valence-electron chi connectivity index (χ1n) is 8.49. The molecule has 5 nitrogen and oxygen atoms in total. The van der Waals surface area contributed by atoms with Crippen LogP contribution in [0.2, 0.25) is 0 Å². The maximum Gasteiger partial charge on any atom is 0.376 e. The average molecular weight is 344 g/mol. The molecule has 0 aromatic heterocycles. The molecule has 4 saturated carbocycles. The number of carbonyl (C=O) groups excluding carboxylic acids is 3. The molecule has 24 heavy (non-hydrogen) atoms. The predicted molar refractivity (Wildman–Crippen MR) is 78.2 cm³/mol. The van der Waals surface area contributed by atoms with Crippen LogP contribution in [0.15, 0.2) is 0 Å². The van der Waals surface area contributed by atoms with Crippen molar-refractivity contribution >= 4 is 17.7 Å². The van der Waals surface area contributed by atoms with E-state index in [1.807, 2.05) is 0 Å². The Labute approximate surface area is 139 Å². The lowest BCUT2D eigenvalue weighted by molar-refractivity contribution is -0.190. The molecule has 0 radical (unpaired) electrons. The van der Waals surface area contributed by atoms with Gasteiger partial charge in [0.15, 0.2) is 0 Å². The molecule has 0 heterocycles. The second-order valence-corrected chi connectivity index (χ2v) is 7.53. The van der Waals surface area contributed by atoms with Crippen molar-refractivity contribution in [2.45, 2.75) is 63.4 Å². The zero-order valence-corrected chi connectivity index (χ0v) is 13.7. The highest BCUT2D eigenvalue weighted by Crippen LogP contribution is 2.55. The number of hydrogen-bond donors (Lipinski definition) is 0. The van der Waals surface area contributed by atoms with Crippen molar-refractivity contribution in [3.8, 4) is 0 Å². The summed E-state index contributed by atoms with van der Waals surface area (Å²) in [7, 11) is 0. The molecule has 0 aliphatic heterocycles. The summed E-state index contributed by atoms with van der Waals surface area (Å²) < 4.78 is 35.4. The first kappa shape index (κ1) is 17.3. The lowest BCUT2D eigenvalue weighted by Gasteiger charge is -2.54. The Hall–Kier alpha value is -1.53. The van der Waals surface area contributed by atoms with Gasteiger partial charge in [-0.3, -0.25) is 9.59 Å². The molecule has 4 bridgehead atoms. The topological polar surface area (TPSA) is 69.7 Å². The third-order valence-electron chi connectivity index (χ3n) is 5.39. The van der Waals surface area contributed by atoms with Crippen LogP contribution in [0.1, 0.15) is 51.9 Å². The van der Waals surface area contributed by atoms with E-state index in [9.17, 15) is 23.2 Å². The van der Waals surface area contributed by atoms with Crippen molar-refractivity contribution < 1.29 is 32.6 Å². The summed E-state index contributed by atoms with van der Waals surface area (Å²) in [6.07, 6.45) is 4.02. The summed E-state index contributed by atoms with van der Waals surface area (Å²) in [5.74, 6) is -4.69. The number of rotatable bonds is 6. The highest BCUT2D eigenvalue weighted by atomic mass is 19.3. The molecule has 2 unspecified atom stereocenters. The summed E-state index contributed by atoms with van der Waals surface area (Å²) in [5, 5.41) is 0. The van der Waals surface area contributed by atoms with Gasteiger partial charge in [0.2, 0.25) is 0 Å². The van der Waals surface area contributed by atoms with Crippen molar-refractivity contribution in [1.29, 1.82) is 0 Å². The molecule has 0 aromatic carbocycles. The molecule has 4 aliphatic carbocycles. The van der Waals surface area contributed by atoms with Crippen molar-refractivity contribution in [2.24, 2.45) is 17.8 Å². The Morgan fingerprint density at radius 1 is 1.21 bits per heavy atom. The van der Waals surface area contributed by atoms with Crippen LogP contribution in [0.5, 0.6) is 0 Å². The largest absolute Gasteiger partial charge is 0.461 e. The molecule has 4 rings (SSSR count). The average Bonchev–Trinajstić information content (AvgIpc) is 2.46. The second kappa shape index (κ2) is 6.08. The van der Waals surface area contributed by atoms with Crippen molar-refractivity contribution in [1.82, 2.24) is 0 Å². The molecule has 0 saturated heterocycles.